The molecule has 1 fully saturated rings. The molecule has 1 aliphatic heterocycles. The van der Waals surface area contributed by atoms with Crippen LogP contribution >= 0.6 is 0 Å². The lowest BCUT2D eigenvalue weighted by molar-refractivity contribution is 0.0907. The van der Waals surface area contributed by atoms with Gasteiger partial charge in [0.05, 0.1) is 0 Å². The number of nitrogens with zero attached hydrogens (tertiary/aromatic N) is 2. The molecule has 0 saturated carbocycles. The van der Waals surface area contributed by atoms with Crippen molar-refractivity contribution in [3.8, 4) is 6.19 Å². The minimum atomic E-state index is 0.270. The van der Waals surface area contributed by atoms with E-state index in [-0.39, 0.29) is 5.41 Å². The highest BCUT2D eigenvalue weighted by atomic mass is 15.2. The molecule has 2 unspecified atom stereocenters. The Morgan fingerprint density at radius 3 is 2.88 bits per heavy atom. The molecule has 1 aromatic carbocycles. The fraction of sp³-hybridized carbons (Fsp3) is 0.533. The van der Waals surface area contributed by atoms with Crippen LogP contribution in [-0.2, 0) is 11.8 Å². The van der Waals surface area contributed by atoms with Crippen molar-refractivity contribution < 1.29 is 0 Å². The minimum Gasteiger partial charge on any atom is -0.304 e. The second-order valence-electron chi connectivity index (χ2n) is 5.84. The molecule has 3 rings (SSSR count). The zero-order valence-electron chi connectivity index (χ0n) is 10.5. The van der Waals surface area contributed by atoms with Crippen molar-refractivity contribution >= 4 is 0 Å². The van der Waals surface area contributed by atoms with Gasteiger partial charge in [0.1, 0.15) is 0 Å². The lowest BCUT2D eigenvalue weighted by Crippen LogP contribution is -2.54. The van der Waals surface area contributed by atoms with Gasteiger partial charge in [0.25, 0.3) is 0 Å². The zero-order valence-corrected chi connectivity index (χ0v) is 10.5. The monoisotopic (exact) mass is 226 g/mol. The highest BCUT2D eigenvalue weighted by Gasteiger charge is 2.45. The maximum atomic E-state index is 9.28. The van der Waals surface area contributed by atoms with E-state index in [1.807, 2.05) is 4.90 Å². The Morgan fingerprint density at radius 2 is 2.12 bits per heavy atom. The van der Waals surface area contributed by atoms with E-state index in [1.54, 1.807) is 0 Å². The maximum Gasteiger partial charge on any atom is 0.179 e. The van der Waals surface area contributed by atoms with Crippen LogP contribution in [0.1, 0.15) is 37.8 Å². The summed E-state index contributed by atoms with van der Waals surface area (Å²) in [5, 5.41) is 9.28. The maximum absolute atomic E-state index is 9.28. The molecule has 3 atom stereocenters. The molecule has 1 aromatic rings. The molecule has 17 heavy (non-hydrogen) atoms. The Hall–Kier alpha value is -1.49. The number of fused-ring (bicyclic) bond motifs is 4. The van der Waals surface area contributed by atoms with Crippen LogP contribution in [0.4, 0.5) is 0 Å². The number of hydrogen-bond acceptors (Lipinski definition) is 2. The first-order valence-corrected chi connectivity index (χ1v) is 6.40. The lowest BCUT2D eigenvalue weighted by Gasteiger charge is -2.51. The predicted molar refractivity (Wildman–Crippen MR) is 67.4 cm³/mol. The standard InChI is InChI=1S/C15H18N2/c1-11-8-15(2)9-13(17(11)10-16)7-12-5-3-4-6-14(12)15/h3-6,11,13H,7-9H2,1-2H3/t11?,13?,15-/m1/s1. The average Bonchev–Trinajstić information content (AvgIpc) is 2.28. The van der Waals surface area contributed by atoms with Crippen molar-refractivity contribution in [2.45, 2.75) is 50.6 Å². The molecular formula is C15H18N2. The van der Waals surface area contributed by atoms with Crippen molar-refractivity contribution in [1.82, 2.24) is 4.90 Å². The summed E-state index contributed by atoms with van der Waals surface area (Å²) in [5.41, 5.74) is 3.23. The number of hydrogen-bond donors (Lipinski definition) is 0. The van der Waals surface area contributed by atoms with Crippen molar-refractivity contribution in [1.29, 1.82) is 5.26 Å². The van der Waals surface area contributed by atoms with Gasteiger partial charge in [-0.1, -0.05) is 31.2 Å². The predicted octanol–water partition coefficient (Wildman–Crippen LogP) is 2.83. The Kier molecular flexibility index (Phi) is 2.19. The first-order chi connectivity index (χ1) is 8.14. The van der Waals surface area contributed by atoms with Crippen LogP contribution in [0.15, 0.2) is 24.3 Å². The summed E-state index contributed by atoms with van der Waals surface area (Å²) in [6.45, 7) is 4.55. The van der Waals surface area contributed by atoms with Crippen LogP contribution in [0.25, 0.3) is 0 Å². The molecule has 88 valence electrons. The van der Waals surface area contributed by atoms with Gasteiger partial charge >= 0.3 is 0 Å². The summed E-state index contributed by atoms with van der Waals surface area (Å²) in [6.07, 6.45) is 5.64. The van der Waals surface area contributed by atoms with Crippen molar-refractivity contribution in [3.05, 3.63) is 35.4 Å². The summed E-state index contributed by atoms with van der Waals surface area (Å²) >= 11 is 0. The van der Waals surface area contributed by atoms with Gasteiger partial charge in [0.15, 0.2) is 6.19 Å². The highest BCUT2D eigenvalue weighted by Crippen LogP contribution is 2.46. The molecule has 2 heteroatoms. The summed E-state index contributed by atoms with van der Waals surface area (Å²) in [5.74, 6) is 0. The second kappa shape index (κ2) is 3.50. The summed E-state index contributed by atoms with van der Waals surface area (Å²) in [7, 11) is 0. The van der Waals surface area contributed by atoms with Crippen LogP contribution in [0.5, 0.6) is 0 Å². The molecule has 2 aliphatic rings. The van der Waals surface area contributed by atoms with Crippen LogP contribution in [0, 0.1) is 11.5 Å². The number of rotatable bonds is 0. The van der Waals surface area contributed by atoms with E-state index in [0.29, 0.717) is 12.1 Å². The van der Waals surface area contributed by atoms with E-state index >= 15 is 0 Å². The topological polar surface area (TPSA) is 27.0 Å². The molecule has 1 aliphatic carbocycles. The Labute approximate surface area is 103 Å². The molecule has 2 bridgehead atoms. The fourth-order valence-corrected chi connectivity index (χ4v) is 3.92. The van der Waals surface area contributed by atoms with Crippen LogP contribution < -0.4 is 0 Å². The molecule has 1 saturated heterocycles. The van der Waals surface area contributed by atoms with Crippen LogP contribution in [0.3, 0.4) is 0 Å². The van der Waals surface area contributed by atoms with Gasteiger partial charge in [0.2, 0.25) is 0 Å². The van der Waals surface area contributed by atoms with Gasteiger partial charge in [-0.2, -0.15) is 5.26 Å². The molecule has 2 nitrogen and oxygen atoms in total. The number of benzene rings is 1. The molecule has 0 spiro atoms. The third-order valence-corrected chi connectivity index (χ3v) is 4.54. The SMILES string of the molecule is CC1C[C@]2(C)CC(Cc3ccccc32)N1C#N. The molecule has 0 radical (unpaired) electrons. The third-order valence-electron chi connectivity index (χ3n) is 4.54. The van der Waals surface area contributed by atoms with Crippen LogP contribution in [-0.4, -0.2) is 17.0 Å². The largest absolute Gasteiger partial charge is 0.304 e. The van der Waals surface area contributed by atoms with Crippen molar-refractivity contribution in [3.63, 3.8) is 0 Å². The Bertz CT molecular complexity index is 488. The fourth-order valence-electron chi connectivity index (χ4n) is 3.92. The molecule has 0 amide bonds. The van der Waals surface area contributed by atoms with E-state index in [1.165, 1.54) is 11.1 Å². The van der Waals surface area contributed by atoms with E-state index in [9.17, 15) is 5.26 Å². The van der Waals surface area contributed by atoms with Gasteiger partial charge in [0, 0.05) is 12.1 Å². The number of piperidine rings is 1. The Balaban J connectivity index is 2.09. The quantitative estimate of drug-likeness (QED) is 0.636. The van der Waals surface area contributed by atoms with Crippen molar-refractivity contribution in [2.75, 3.05) is 0 Å². The van der Waals surface area contributed by atoms with Crippen LogP contribution in [0.2, 0.25) is 0 Å². The second-order valence-corrected chi connectivity index (χ2v) is 5.84. The van der Waals surface area contributed by atoms with E-state index in [2.05, 4.69) is 44.3 Å². The lowest BCUT2D eigenvalue weighted by atomic mass is 9.63. The first-order valence-electron chi connectivity index (χ1n) is 6.40. The average molecular weight is 226 g/mol. The van der Waals surface area contributed by atoms with Gasteiger partial charge in [-0.15, -0.1) is 0 Å². The zero-order chi connectivity index (χ0) is 12.0. The highest BCUT2D eigenvalue weighted by molar-refractivity contribution is 5.39. The normalized spacial score (nSPS) is 35.0. The summed E-state index contributed by atoms with van der Waals surface area (Å²) in [4.78, 5) is 2.01. The smallest absolute Gasteiger partial charge is 0.179 e. The van der Waals surface area contributed by atoms with Gasteiger partial charge in [-0.3, -0.25) is 0 Å². The van der Waals surface area contributed by atoms with E-state index in [0.717, 1.165) is 19.3 Å². The molecule has 1 heterocycles. The third kappa shape index (κ3) is 1.45. The number of nitriles is 1. The van der Waals surface area contributed by atoms with Gasteiger partial charge < -0.3 is 4.90 Å². The first kappa shape index (κ1) is 10.7. The molecule has 0 aromatic heterocycles. The van der Waals surface area contributed by atoms with Crippen molar-refractivity contribution in [2.24, 2.45) is 0 Å². The minimum absolute atomic E-state index is 0.270. The summed E-state index contributed by atoms with van der Waals surface area (Å²) < 4.78 is 0. The summed E-state index contributed by atoms with van der Waals surface area (Å²) in [6, 6.07) is 9.54. The Morgan fingerprint density at radius 1 is 1.35 bits per heavy atom. The van der Waals surface area contributed by atoms with Gasteiger partial charge in [-0.25, -0.2) is 0 Å². The van der Waals surface area contributed by atoms with E-state index in [4.69, 9.17) is 0 Å². The van der Waals surface area contributed by atoms with Gasteiger partial charge in [-0.05, 0) is 42.7 Å². The molecule has 0 N–H and O–H groups in total. The van der Waals surface area contributed by atoms with E-state index < -0.39 is 0 Å². The number of likely N-dealkylation sites (tertiary alicyclic amines) is 1. The molecular weight excluding hydrogens is 208 g/mol.